The van der Waals surface area contributed by atoms with Crippen LogP contribution in [-0.2, 0) is 19.1 Å². The molecule has 1 saturated heterocycles. The zero-order chi connectivity index (χ0) is 18.5. The first-order valence-electron chi connectivity index (χ1n) is 8.08. The summed E-state index contributed by atoms with van der Waals surface area (Å²) >= 11 is 2.77. The van der Waals surface area contributed by atoms with Crippen molar-refractivity contribution in [3.05, 3.63) is 17.8 Å². The molecule has 2 N–H and O–H groups in total. The maximum absolute atomic E-state index is 12.1. The fraction of sp³-hybridized carbons (Fsp3) is 0.438. The number of hydrogen-bond donors (Lipinski definition) is 1. The first-order chi connectivity index (χ1) is 12.5. The highest BCUT2D eigenvalue weighted by Crippen LogP contribution is 2.27. The van der Waals surface area contributed by atoms with Gasteiger partial charge in [0.1, 0.15) is 16.2 Å². The van der Waals surface area contributed by atoms with Crippen LogP contribution in [0.4, 0.5) is 0 Å². The van der Waals surface area contributed by atoms with Crippen LogP contribution in [0.1, 0.15) is 12.8 Å². The fourth-order valence-corrected chi connectivity index (χ4v) is 4.28. The van der Waals surface area contributed by atoms with Gasteiger partial charge in [-0.3, -0.25) is 14.4 Å². The molecule has 3 heterocycles. The molecule has 0 aliphatic carbocycles. The molecule has 0 spiro atoms. The van der Waals surface area contributed by atoms with Gasteiger partial charge in [0.15, 0.2) is 6.61 Å². The van der Waals surface area contributed by atoms with Gasteiger partial charge < -0.3 is 15.4 Å². The van der Waals surface area contributed by atoms with E-state index in [1.807, 2.05) is 11.4 Å². The topological polar surface area (TPSA) is 115 Å². The number of esters is 1. The van der Waals surface area contributed by atoms with Crippen molar-refractivity contribution in [2.24, 2.45) is 11.7 Å². The molecule has 3 rings (SSSR count). The van der Waals surface area contributed by atoms with Crippen molar-refractivity contribution in [3.63, 3.8) is 0 Å². The van der Waals surface area contributed by atoms with Gasteiger partial charge in [-0.15, -0.1) is 11.3 Å². The lowest BCUT2D eigenvalue weighted by atomic mass is 9.96. The highest BCUT2D eigenvalue weighted by molar-refractivity contribution is 8.00. The van der Waals surface area contributed by atoms with E-state index in [4.69, 9.17) is 10.5 Å². The number of ether oxygens (including phenoxy) is 1. The molecule has 1 fully saturated rings. The number of fused-ring (bicyclic) bond motifs is 1. The number of carbonyl (C=O) groups excluding carboxylic acids is 3. The van der Waals surface area contributed by atoms with Gasteiger partial charge in [-0.1, -0.05) is 11.8 Å². The Morgan fingerprint density at radius 1 is 1.31 bits per heavy atom. The summed E-state index contributed by atoms with van der Waals surface area (Å²) in [6.45, 7) is 0.615. The van der Waals surface area contributed by atoms with E-state index in [0.717, 1.165) is 10.2 Å². The fourth-order valence-electron chi connectivity index (χ4n) is 2.70. The molecule has 0 unspecified atom stereocenters. The number of aromatic nitrogens is 2. The van der Waals surface area contributed by atoms with E-state index in [1.54, 1.807) is 4.90 Å². The zero-order valence-electron chi connectivity index (χ0n) is 13.9. The minimum Gasteiger partial charge on any atom is -0.455 e. The molecular formula is C16H18N4O4S2. The van der Waals surface area contributed by atoms with E-state index in [9.17, 15) is 14.4 Å². The summed E-state index contributed by atoms with van der Waals surface area (Å²) in [4.78, 5) is 45.9. The largest absolute Gasteiger partial charge is 0.455 e. The van der Waals surface area contributed by atoms with Gasteiger partial charge in [-0.25, -0.2) is 9.97 Å². The summed E-state index contributed by atoms with van der Waals surface area (Å²) in [7, 11) is 0. The second-order valence-corrected chi connectivity index (χ2v) is 7.68. The lowest BCUT2D eigenvalue weighted by Gasteiger charge is -2.30. The number of hydrogen-bond acceptors (Lipinski definition) is 8. The van der Waals surface area contributed by atoms with Crippen molar-refractivity contribution in [2.75, 3.05) is 25.4 Å². The Balaban J connectivity index is 1.42. The first kappa shape index (κ1) is 18.6. The van der Waals surface area contributed by atoms with Crippen LogP contribution in [0.25, 0.3) is 10.2 Å². The van der Waals surface area contributed by atoms with Crippen LogP contribution >= 0.6 is 23.1 Å². The molecule has 0 bridgehead atoms. The molecule has 1 aliphatic rings. The van der Waals surface area contributed by atoms with E-state index in [-0.39, 0.29) is 30.1 Å². The number of amides is 2. The monoisotopic (exact) mass is 394 g/mol. The molecule has 26 heavy (non-hydrogen) atoms. The average Bonchev–Trinajstić information content (AvgIpc) is 3.13. The quantitative estimate of drug-likeness (QED) is 0.442. The number of likely N-dealkylation sites (tertiary alicyclic amines) is 1. The SMILES string of the molecule is NC(=O)C1CCN(C(=O)COC(=O)CSc2ncnc3sccc23)CC1. The summed E-state index contributed by atoms with van der Waals surface area (Å²) in [5.74, 6) is -1.17. The summed E-state index contributed by atoms with van der Waals surface area (Å²) in [5, 5.41) is 3.54. The van der Waals surface area contributed by atoms with Crippen LogP contribution in [0.15, 0.2) is 22.8 Å². The maximum Gasteiger partial charge on any atom is 0.316 e. The maximum atomic E-state index is 12.1. The molecular weight excluding hydrogens is 376 g/mol. The Bertz CT molecular complexity index is 817. The van der Waals surface area contributed by atoms with Crippen LogP contribution in [0, 0.1) is 5.92 Å². The van der Waals surface area contributed by atoms with Crippen LogP contribution in [0.5, 0.6) is 0 Å². The minimum atomic E-state index is -0.475. The van der Waals surface area contributed by atoms with Gasteiger partial charge >= 0.3 is 5.97 Å². The Hall–Kier alpha value is -2.20. The number of piperidine rings is 1. The van der Waals surface area contributed by atoms with Crippen molar-refractivity contribution < 1.29 is 19.1 Å². The third-order valence-electron chi connectivity index (χ3n) is 4.16. The second-order valence-electron chi connectivity index (χ2n) is 5.83. The molecule has 2 aromatic heterocycles. The van der Waals surface area contributed by atoms with Crippen LogP contribution in [-0.4, -0.2) is 58.1 Å². The molecule has 2 aromatic rings. The van der Waals surface area contributed by atoms with E-state index in [0.29, 0.717) is 31.0 Å². The van der Waals surface area contributed by atoms with Crippen molar-refractivity contribution in [2.45, 2.75) is 17.9 Å². The predicted octanol–water partition coefficient (Wildman–Crippen LogP) is 1.05. The van der Waals surface area contributed by atoms with Crippen molar-refractivity contribution in [1.82, 2.24) is 14.9 Å². The summed E-state index contributed by atoms with van der Waals surface area (Å²) < 4.78 is 5.06. The summed E-state index contributed by atoms with van der Waals surface area (Å²) in [6, 6.07) is 1.91. The molecule has 2 amide bonds. The van der Waals surface area contributed by atoms with E-state index < -0.39 is 5.97 Å². The van der Waals surface area contributed by atoms with Crippen molar-refractivity contribution in [3.8, 4) is 0 Å². The summed E-state index contributed by atoms with van der Waals surface area (Å²) in [6.07, 6.45) is 2.57. The number of nitrogens with zero attached hydrogens (tertiary/aromatic N) is 3. The smallest absolute Gasteiger partial charge is 0.316 e. The molecule has 8 nitrogen and oxygen atoms in total. The molecule has 0 radical (unpaired) electrons. The zero-order valence-corrected chi connectivity index (χ0v) is 15.6. The highest BCUT2D eigenvalue weighted by Gasteiger charge is 2.26. The van der Waals surface area contributed by atoms with Gasteiger partial charge in [0, 0.05) is 24.4 Å². The average molecular weight is 394 g/mol. The third-order valence-corrected chi connectivity index (χ3v) is 5.96. The first-order valence-corrected chi connectivity index (χ1v) is 9.95. The van der Waals surface area contributed by atoms with Crippen molar-refractivity contribution in [1.29, 1.82) is 0 Å². The number of nitrogens with two attached hydrogens (primary N) is 1. The normalized spacial score (nSPS) is 15.2. The Morgan fingerprint density at radius 2 is 2.08 bits per heavy atom. The lowest BCUT2D eigenvalue weighted by molar-refractivity contribution is -0.150. The van der Waals surface area contributed by atoms with Crippen molar-refractivity contribution >= 4 is 51.1 Å². The Kier molecular flexibility index (Phi) is 6.04. The molecule has 0 aromatic carbocycles. The predicted molar refractivity (Wildman–Crippen MR) is 97.6 cm³/mol. The van der Waals surface area contributed by atoms with Crippen LogP contribution in [0.3, 0.4) is 0 Å². The number of thiophene rings is 1. The van der Waals surface area contributed by atoms with E-state index in [1.165, 1.54) is 29.4 Å². The Morgan fingerprint density at radius 3 is 2.81 bits per heavy atom. The number of thioether (sulfide) groups is 1. The minimum absolute atomic E-state index is 0.0684. The molecule has 1 aliphatic heterocycles. The number of carbonyl (C=O) groups is 3. The second kappa shape index (κ2) is 8.45. The van der Waals surface area contributed by atoms with Gasteiger partial charge in [0.25, 0.3) is 5.91 Å². The van der Waals surface area contributed by atoms with Gasteiger partial charge in [0.05, 0.1) is 5.75 Å². The number of rotatable bonds is 6. The van der Waals surface area contributed by atoms with E-state index >= 15 is 0 Å². The highest BCUT2D eigenvalue weighted by atomic mass is 32.2. The van der Waals surface area contributed by atoms with Gasteiger partial charge in [-0.2, -0.15) is 0 Å². The third kappa shape index (κ3) is 4.50. The van der Waals surface area contributed by atoms with Crippen LogP contribution < -0.4 is 5.73 Å². The lowest BCUT2D eigenvalue weighted by Crippen LogP contribution is -2.43. The molecule has 10 heteroatoms. The van der Waals surface area contributed by atoms with Crippen LogP contribution in [0.2, 0.25) is 0 Å². The standard InChI is InChI=1S/C16H18N4O4S2/c17-14(23)10-1-4-20(5-2-10)12(21)7-24-13(22)8-26-16-11-3-6-25-15(11)18-9-19-16/h3,6,9-10H,1-2,4-5,7-8H2,(H2,17,23). The molecule has 0 atom stereocenters. The summed E-state index contributed by atoms with van der Waals surface area (Å²) in [5.41, 5.74) is 5.27. The van der Waals surface area contributed by atoms with E-state index in [2.05, 4.69) is 9.97 Å². The molecule has 0 saturated carbocycles. The molecule has 138 valence electrons. The van der Waals surface area contributed by atoms with Gasteiger partial charge in [-0.05, 0) is 24.3 Å². The Labute approximate surface area is 158 Å². The number of primary amides is 1. The van der Waals surface area contributed by atoms with Gasteiger partial charge in [0.2, 0.25) is 5.91 Å².